The molecule has 2 aromatic rings. The van der Waals surface area contributed by atoms with Gasteiger partial charge in [0.1, 0.15) is 11.4 Å². The first-order valence-corrected chi connectivity index (χ1v) is 7.20. The van der Waals surface area contributed by atoms with Crippen LogP contribution in [0.2, 0.25) is 0 Å². The molecule has 0 spiro atoms. The molecular weight excluding hydrogens is 320 g/mol. The van der Waals surface area contributed by atoms with Crippen LogP contribution in [0.5, 0.6) is 5.75 Å². The quantitative estimate of drug-likeness (QED) is 0.911. The standard InChI is InChI=1S/C15H17BrN2O2/c1-3-18-8-4-5-13(15(18)19)17-10-11-6-7-14(20-2)12(16)9-11/h4-9,17H,3,10H2,1-2H3. The lowest BCUT2D eigenvalue weighted by atomic mass is 10.2. The lowest BCUT2D eigenvalue weighted by molar-refractivity contribution is 0.412. The van der Waals surface area contributed by atoms with Crippen molar-refractivity contribution in [3.63, 3.8) is 0 Å². The molecule has 1 aromatic heterocycles. The van der Waals surface area contributed by atoms with Crippen molar-refractivity contribution in [3.8, 4) is 5.75 Å². The van der Waals surface area contributed by atoms with Gasteiger partial charge in [0.25, 0.3) is 5.56 Å². The number of benzene rings is 1. The first-order chi connectivity index (χ1) is 9.65. The Labute approximate surface area is 126 Å². The van der Waals surface area contributed by atoms with Crippen molar-refractivity contribution in [2.75, 3.05) is 12.4 Å². The molecule has 0 bridgehead atoms. The summed E-state index contributed by atoms with van der Waals surface area (Å²) in [4.78, 5) is 12.1. The van der Waals surface area contributed by atoms with Crippen molar-refractivity contribution in [1.29, 1.82) is 0 Å². The molecule has 0 unspecified atom stereocenters. The molecule has 5 heteroatoms. The lowest BCUT2D eigenvalue weighted by Gasteiger charge is -2.10. The average molecular weight is 337 g/mol. The number of halogens is 1. The third kappa shape index (κ3) is 3.22. The van der Waals surface area contributed by atoms with Crippen LogP contribution in [0.15, 0.2) is 45.8 Å². The Bertz CT molecular complexity index is 653. The van der Waals surface area contributed by atoms with Crippen LogP contribution < -0.4 is 15.6 Å². The lowest BCUT2D eigenvalue weighted by Crippen LogP contribution is -2.21. The SMILES string of the molecule is CCn1cccc(NCc2ccc(OC)c(Br)c2)c1=O. The molecule has 1 heterocycles. The molecule has 0 aliphatic rings. The number of aryl methyl sites for hydroxylation is 1. The van der Waals surface area contributed by atoms with Crippen LogP contribution in [0.4, 0.5) is 5.69 Å². The predicted molar refractivity (Wildman–Crippen MR) is 84.4 cm³/mol. The number of ether oxygens (including phenoxy) is 1. The fourth-order valence-electron chi connectivity index (χ4n) is 1.94. The molecule has 1 aromatic carbocycles. The zero-order valence-corrected chi connectivity index (χ0v) is 13.1. The maximum absolute atomic E-state index is 12.1. The average Bonchev–Trinajstić information content (AvgIpc) is 2.46. The van der Waals surface area contributed by atoms with Crippen molar-refractivity contribution >= 4 is 21.6 Å². The van der Waals surface area contributed by atoms with Gasteiger partial charge in [-0.15, -0.1) is 0 Å². The summed E-state index contributed by atoms with van der Waals surface area (Å²) in [6.45, 7) is 3.21. The van der Waals surface area contributed by atoms with E-state index in [1.165, 1.54) is 0 Å². The summed E-state index contributed by atoms with van der Waals surface area (Å²) in [7, 11) is 1.63. The maximum atomic E-state index is 12.1. The normalized spacial score (nSPS) is 10.3. The highest BCUT2D eigenvalue weighted by Crippen LogP contribution is 2.25. The first kappa shape index (κ1) is 14.7. The number of nitrogens with zero attached hydrogens (tertiary/aromatic N) is 1. The molecule has 1 N–H and O–H groups in total. The summed E-state index contributed by atoms with van der Waals surface area (Å²) in [6.07, 6.45) is 1.79. The van der Waals surface area contributed by atoms with Gasteiger partial charge >= 0.3 is 0 Å². The number of pyridine rings is 1. The maximum Gasteiger partial charge on any atom is 0.273 e. The molecule has 0 amide bonds. The number of hydrogen-bond donors (Lipinski definition) is 1. The minimum atomic E-state index is 0.00239. The summed E-state index contributed by atoms with van der Waals surface area (Å²) in [5.74, 6) is 0.793. The van der Waals surface area contributed by atoms with E-state index in [-0.39, 0.29) is 5.56 Å². The van der Waals surface area contributed by atoms with Gasteiger partial charge in [0.15, 0.2) is 0 Å². The molecule has 0 saturated carbocycles. The van der Waals surface area contributed by atoms with E-state index in [9.17, 15) is 4.79 Å². The van der Waals surface area contributed by atoms with Gasteiger partial charge in [-0.2, -0.15) is 0 Å². The minimum Gasteiger partial charge on any atom is -0.496 e. The summed E-state index contributed by atoms with van der Waals surface area (Å²) in [5, 5.41) is 3.17. The molecular formula is C15H17BrN2O2. The number of methoxy groups -OCH3 is 1. The molecule has 0 aliphatic heterocycles. The molecule has 2 rings (SSSR count). The summed E-state index contributed by atoms with van der Waals surface area (Å²) >= 11 is 3.45. The molecule has 20 heavy (non-hydrogen) atoms. The van der Waals surface area contributed by atoms with E-state index >= 15 is 0 Å². The molecule has 106 valence electrons. The Morgan fingerprint density at radius 2 is 2.15 bits per heavy atom. The Morgan fingerprint density at radius 1 is 1.35 bits per heavy atom. The van der Waals surface area contributed by atoms with Crippen LogP contribution in [0.25, 0.3) is 0 Å². The van der Waals surface area contributed by atoms with Gasteiger partial charge in [0, 0.05) is 19.3 Å². The summed E-state index contributed by atoms with van der Waals surface area (Å²) < 4.78 is 7.77. The first-order valence-electron chi connectivity index (χ1n) is 6.41. The molecule has 0 saturated heterocycles. The van der Waals surface area contributed by atoms with Gasteiger partial charge in [-0.3, -0.25) is 4.79 Å². The van der Waals surface area contributed by atoms with E-state index in [0.29, 0.717) is 18.8 Å². The number of nitrogens with one attached hydrogen (secondary N) is 1. The van der Waals surface area contributed by atoms with Crippen molar-refractivity contribution in [2.24, 2.45) is 0 Å². The van der Waals surface area contributed by atoms with E-state index in [1.54, 1.807) is 23.9 Å². The fourth-order valence-corrected chi connectivity index (χ4v) is 2.53. The van der Waals surface area contributed by atoms with Gasteiger partial charge in [-0.1, -0.05) is 6.07 Å². The second kappa shape index (κ2) is 6.61. The van der Waals surface area contributed by atoms with Gasteiger partial charge in [-0.05, 0) is 52.7 Å². The number of rotatable bonds is 5. The van der Waals surface area contributed by atoms with Crippen LogP contribution in [-0.4, -0.2) is 11.7 Å². The Hall–Kier alpha value is -1.75. The van der Waals surface area contributed by atoms with Crippen molar-refractivity contribution in [1.82, 2.24) is 4.57 Å². The second-order valence-electron chi connectivity index (χ2n) is 4.34. The molecule has 0 atom stereocenters. The Balaban J connectivity index is 2.13. The monoisotopic (exact) mass is 336 g/mol. The fraction of sp³-hybridized carbons (Fsp3) is 0.267. The van der Waals surface area contributed by atoms with E-state index in [0.717, 1.165) is 15.8 Å². The van der Waals surface area contributed by atoms with Crippen LogP contribution in [-0.2, 0) is 13.1 Å². The second-order valence-corrected chi connectivity index (χ2v) is 5.19. The van der Waals surface area contributed by atoms with Gasteiger partial charge in [-0.25, -0.2) is 0 Å². The van der Waals surface area contributed by atoms with Crippen LogP contribution in [0.1, 0.15) is 12.5 Å². The zero-order valence-electron chi connectivity index (χ0n) is 11.5. The van der Waals surface area contributed by atoms with E-state index in [2.05, 4.69) is 21.2 Å². The Kier molecular flexibility index (Phi) is 4.84. The van der Waals surface area contributed by atoms with Gasteiger partial charge in [0.05, 0.1) is 11.6 Å². The summed E-state index contributed by atoms with van der Waals surface area (Å²) in [5.41, 5.74) is 1.69. The predicted octanol–water partition coefficient (Wildman–Crippen LogP) is 3.25. The van der Waals surface area contributed by atoms with Gasteiger partial charge < -0.3 is 14.6 Å². The van der Waals surface area contributed by atoms with Crippen molar-refractivity contribution in [2.45, 2.75) is 20.0 Å². The number of anilines is 1. The largest absolute Gasteiger partial charge is 0.496 e. The van der Waals surface area contributed by atoms with E-state index in [1.807, 2.05) is 31.2 Å². The third-order valence-electron chi connectivity index (χ3n) is 3.06. The van der Waals surface area contributed by atoms with Crippen LogP contribution >= 0.6 is 15.9 Å². The molecule has 4 nitrogen and oxygen atoms in total. The van der Waals surface area contributed by atoms with Gasteiger partial charge in [0.2, 0.25) is 0 Å². The molecule has 0 aliphatic carbocycles. The van der Waals surface area contributed by atoms with E-state index in [4.69, 9.17) is 4.74 Å². The minimum absolute atomic E-state index is 0.00239. The van der Waals surface area contributed by atoms with Crippen LogP contribution in [0.3, 0.4) is 0 Å². The van der Waals surface area contributed by atoms with E-state index < -0.39 is 0 Å². The van der Waals surface area contributed by atoms with Crippen molar-refractivity contribution < 1.29 is 4.74 Å². The Morgan fingerprint density at radius 3 is 2.80 bits per heavy atom. The van der Waals surface area contributed by atoms with Crippen LogP contribution in [0, 0.1) is 0 Å². The zero-order chi connectivity index (χ0) is 14.5. The molecule has 0 radical (unpaired) electrons. The number of hydrogen-bond acceptors (Lipinski definition) is 3. The topological polar surface area (TPSA) is 43.3 Å². The highest BCUT2D eigenvalue weighted by molar-refractivity contribution is 9.10. The van der Waals surface area contributed by atoms with Crippen molar-refractivity contribution in [3.05, 3.63) is 56.9 Å². The summed E-state index contributed by atoms with van der Waals surface area (Å²) in [6, 6.07) is 9.52. The highest BCUT2D eigenvalue weighted by atomic mass is 79.9. The number of aromatic nitrogens is 1. The smallest absolute Gasteiger partial charge is 0.273 e. The third-order valence-corrected chi connectivity index (χ3v) is 3.68. The molecule has 0 fully saturated rings. The highest BCUT2D eigenvalue weighted by Gasteiger charge is 2.04.